The second-order valence-electron chi connectivity index (χ2n) is 5.72. The molecule has 2 heterocycles. The third-order valence-electron chi connectivity index (χ3n) is 4.67. The van der Waals surface area contributed by atoms with Gasteiger partial charge in [-0.15, -0.1) is 0 Å². The lowest BCUT2D eigenvalue weighted by Gasteiger charge is -2.47. The van der Waals surface area contributed by atoms with Gasteiger partial charge in [0.25, 0.3) is 0 Å². The van der Waals surface area contributed by atoms with E-state index in [1.165, 1.54) is 4.90 Å². The molecule has 0 radical (unpaired) electrons. The van der Waals surface area contributed by atoms with Crippen LogP contribution in [0.3, 0.4) is 0 Å². The molecular formula is C13H18N2O4. The van der Waals surface area contributed by atoms with Crippen LogP contribution in [-0.2, 0) is 9.59 Å². The monoisotopic (exact) mass is 266 g/mol. The molecule has 0 bridgehead atoms. The van der Waals surface area contributed by atoms with E-state index in [4.69, 9.17) is 5.73 Å². The highest BCUT2D eigenvalue weighted by Gasteiger charge is 2.61. The number of aliphatic hydroxyl groups is 1. The summed E-state index contributed by atoms with van der Waals surface area (Å²) in [5.41, 5.74) is 6.83. The summed E-state index contributed by atoms with van der Waals surface area (Å²) in [6, 6.07) is -0.488. The van der Waals surface area contributed by atoms with E-state index >= 15 is 0 Å². The first kappa shape index (κ1) is 12.6. The van der Waals surface area contributed by atoms with Gasteiger partial charge in [0.15, 0.2) is 0 Å². The molecule has 1 amide bonds. The van der Waals surface area contributed by atoms with Gasteiger partial charge in [-0.25, -0.2) is 4.79 Å². The summed E-state index contributed by atoms with van der Waals surface area (Å²) in [5, 5.41) is 19.1. The van der Waals surface area contributed by atoms with Gasteiger partial charge in [-0.1, -0.05) is 6.42 Å². The van der Waals surface area contributed by atoms with Crippen molar-refractivity contribution in [2.75, 3.05) is 0 Å². The van der Waals surface area contributed by atoms with Gasteiger partial charge >= 0.3 is 5.97 Å². The van der Waals surface area contributed by atoms with Gasteiger partial charge in [0, 0.05) is 12.0 Å². The fourth-order valence-electron chi connectivity index (χ4n) is 3.93. The van der Waals surface area contributed by atoms with Crippen LogP contribution in [0.4, 0.5) is 0 Å². The summed E-state index contributed by atoms with van der Waals surface area (Å²) in [6.07, 6.45) is 1.79. The molecule has 0 aromatic carbocycles. The number of nitrogens with zero attached hydrogens (tertiary/aromatic N) is 1. The predicted octanol–water partition coefficient (Wildman–Crippen LogP) is -0.326. The summed E-state index contributed by atoms with van der Waals surface area (Å²) < 4.78 is 0. The lowest BCUT2D eigenvalue weighted by atomic mass is 9.71. The molecule has 3 aliphatic rings. The minimum Gasteiger partial charge on any atom is -0.477 e. The van der Waals surface area contributed by atoms with E-state index in [2.05, 4.69) is 0 Å². The lowest BCUT2D eigenvalue weighted by molar-refractivity contribution is -0.163. The predicted molar refractivity (Wildman–Crippen MR) is 65.8 cm³/mol. The number of carboxylic acids is 1. The van der Waals surface area contributed by atoms with E-state index in [1.807, 2.05) is 0 Å². The number of rotatable bonds is 2. The summed E-state index contributed by atoms with van der Waals surface area (Å²) in [5.74, 6) is -1.85. The Kier molecular flexibility index (Phi) is 2.69. The average molecular weight is 266 g/mol. The Labute approximate surface area is 110 Å². The standard InChI is InChI=1S/C13H18N2O4/c1-5(16)8-10-6-3-2-4-7(14)9(6)11(13(18)19)15(10)12(8)17/h5-8,10,16H,2-4,14H2,1H3,(H,18,19)/t5?,6-,7-,8+,10+/m0/s1. The van der Waals surface area contributed by atoms with Crippen LogP contribution in [0, 0.1) is 11.8 Å². The van der Waals surface area contributed by atoms with Crippen LogP contribution >= 0.6 is 0 Å². The van der Waals surface area contributed by atoms with Gasteiger partial charge in [0.2, 0.25) is 5.91 Å². The van der Waals surface area contributed by atoms with Gasteiger partial charge in [0.05, 0.1) is 18.1 Å². The number of fused-ring (bicyclic) bond motifs is 3. The van der Waals surface area contributed by atoms with Crippen molar-refractivity contribution < 1.29 is 19.8 Å². The normalized spacial score (nSPS) is 38.7. The zero-order valence-electron chi connectivity index (χ0n) is 10.7. The van der Waals surface area contributed by atoms with E-state index < -0.39 is 18.0 Å². The van der Waals surface area contributed by atoms with Crippen molar-refractivity contribution in [2.45, 2.75) is 44.4 Å². The third-order valence-corrected chi connectivity index (χ3v) is 4.67. The fraction of sp³-hybridized carbons (Fsp3) is 0.692. The molecular weight excluding hydrogens is 248 g/mol. The third kappa shape index (κ3) is 1.50. The molecule has 5 atom stereocenters. The molecule has 4 N–H and O–H groups in total. The number of amides is 1. The molecule has 2 aliphatic heterocycles. The van der Waals surface area contributed by atoms with Crippen LogP contribution in [-0.4, -0.2) is 45.2 Å². The topological polar surface area (TPSA) is 104 Å². The zero-order valence-corrected chi connectivity index (χ0v) is 10.7. The highest BCUT2D eigenvalue weighted by Crippen LogP contribution is 2.51. The molecule has 0 aromatic rings. The molecule has 1 unspecified atom stereocenters. The maximum atomic E-state index is 12.1. The van der Waals surface area contributed by atoms with Crippen molar-refractivity contribution >= 4 is 11.9 Å². The number of nitrogens with two attached hydrogens (primary N) is 1. The number of carboxylic acid groups (broad SMARTS) is 1. The van der Waals surface area contributed by atoms with Gasteiger partial charge in [0.1, 0.15) is 5.70 Å². The van der Waals surface area contributed by atoms with Crippen LogP contribution < -0.4 is 5.73 Å². The maximum absolute atomic E-state index is 12.1. The molecule has 1 saturated carbocycles. The minimum atomic E-state index is -1.09. The Morgan fingerprint density at radius 2 is 2.16 bits per heavy atom. The number of aliphatic hydroxyl groups excluding tert-OH is 1. The van der Waals surface area contributed by atoms with E-state index in [0.717, 1.165) is 19.3 Å². The first-order valence-electron chi connectivity index (χ1n) is 6.69. The molecule has 6 nitrogen and oxygen atoms in total. The number of hydrogen-bond acceptors (Lipinski definition) is 4. The fourth-order valence-corrected chi connectivity index (χ4v) is 3.93. The summed E-state index contributed by atoms with van der Waals surface area (Å²) >= 11 is 0. The smallest absolute Gasteiger partial charge is 0.352 e. The summed E-state index contributed by atoms with van der Waals surface area (Å²) in [6.45, 7) is 1.58. The van der Waals surface area contributed by atoms with Gasteiger partial charge in [-0.05, 0) is 25.3 Å². The van der Waals surface area contributed by atoms with Crippen molar-refractivity contribution in [1.82, 2.24) is 4.90 Å². The average Bonchev–Trinajstić information content (AvgIpc) is 2.61. The van der Waals surface area contributed by atoms with E-state index in [-0.39, 0.29) is 29.6 Å². The Morgan fingerprint density at radius 1 is 1.47 bits per heavy atom. The van der Waals surface area contributed by atoms with Crippen molar-refractivity contribution in [3.63, 3.8) is 0 Å². The lowest BCUT2D eigenvalue weighted by Crippen LogP contribution is -2.64. The SMILES string of the molecule is CC(O)[C@H]1C(=O)N2C(C(=O)O)=C3[C@@H](N)CCC[C@@H]3[C@H]12. The number of carbonyl (C=O) groups is 2. The van der Waals surface area contributed by atoms with Crippen molar-refractivity contribution in [1.29, 1.82) is 0 Å². The maximum Gasteiger partial charge on any atom is 0.352 e. The van der Waals surface area contributed by atoms with Crippen molar-refractivity contribution in [3.05, 3.63) is 11.3 Å². The number of β-lactam (4-membered cyclic amide) rings is 1. The van der Waals surface area contributed by atoms with Crippen molar-refractivity contribution in [2.24, 2.45) is 17.6 Å². The van der Waals surface area contributed by atoms with Crippen LogP contribution in [0.15, 0.2) is 11.3 Å². The summed E-state index contributed by atoms with van der Waals surface area (Å²) in [4.78, 5) is 24.9. The quantitative estimate of drug-likeness (QED) is 0.594. The molecule has 104 valence electrons. The van der Waals surface area contributed by atoms with Gasteiger partial charge < -0.3 is 20.8 Å². The second kappa shape index (κ2) is 4.05. The Bertz CT molecular complexity index is 485. The Balaban J connectivity index is 2.04. The molecule has 1 saturated heterocycles. The highest BCUT2D eigenvalue weighted by atomic mass is 16.4. The molecule has 1 aliphatic carbocycles. The Morgan fingerprint density at radius 3 is 2.74 bits per heavy atom. The molecule has 2 fully saturated rings. The largest absolute Gasteiger partial charge is 0.477 e. The summed E-state index contributed by atoms with van der Waals surface area (Å²) in [7, 11) is 0. The van der Waals surface area contributed by atoms with Crippen LogP contribution in [0.25, 0.3) is 0 Å². The number of aliphatic carboxylic acids is 1. The van der Waals surface area contributed by atoms with Gasteiger partial charge in [-0.2, -0.15) is 0 Å². The Hall–Kier alpha value is -1.40. The van der Waals surface area contributed by atoms with E-state index in [9.17, 15) is 19.8 Å². The molecule has 0 aromatic heterocycles. The van der Waals surface area contributed by atoms with Crippen LogP contribution in [0.1, 0.15) is 26.2 Å². The van der Waals surface area contributed by atoms with Crippen molar-refractivity contribution in [3.8, 4) is 0 Å². The second-order valence-corrected chi connectivity index (χ2v) is 5.72. The first-order chi connectivity index (χ1) is 8.95. The number of hydrogen-bond donors (Lipinski definition) is 3. The number of carbonyl (C=O) groups excluding carboxylic acids is 1. The molecule has 0 spiro atoms. The van der Waals surface area contributed by atoms with E-state index in [0.29, 0.717) is 5.57 Å². The minimum absolute atomic E-state index is 0.00662. The van der Waals surface area contributed by atoms with Gasteiger partial charge in [-0.3, -0.25) is 4.79 Å². The van der Waals surface area contributed by atoms with E-state index in [1.54, 1.807) is 6.92 Å². The zero-order chi connectivity index (χ0) is 13.9. The first-order valence-corrected chi connectivity index (χ1v) is 6.69. The molecule has 3 rings (SSSR count). The van der Waals surface area contributed by atoms with Crippen LogP contribution in [0.5, 0.6) is 0 Å². The molecule has 6 heteroatoms. The van der Waals surface area contributed by atoms with Crippen LogP contribution in [0.2, 0.25) is 0 Å². The molecule has 19 heavy (non-hydrogen) atoms. The highest BCUT2D eigenvalue weighted by molar-refractivity contribution is 6.00.